The molecule has 0 radical (unpaired) electrons. The predicted octanol–water partition coefficient (Wildman–Crippen LogP) is 7.26. The smallest absolute Gasteiger partial charge is 0.313 e. The van der Waals surface area contributed by atoms with Gasteiger partial charge in [-0.05, 0) is 31.6 Å². The number of nitrogens with two attached hydrogens (primary N) is 1. The highest BCUT2D eigenvalue weighted by atomic mass is 16.6. The third kappa shape index (κ3) is 18.4. The first kappa shape index (κ1) is 33.4. The zero-order valence-corrected chi connectivity index (χ0v) is 23.2. The maximum atomic E-state index is 12.4. The first-order valence-electron chi connectivity index (χ1n) is 14.4. The van der Waals surface area contributed by atoms with Crippen molar-refractivity contribution >= 4 is 18.3 Å². The molecule has 206 valence electrons. The monoisotopic (exact) mass is 497 g/mol. The van der Waals surface area contributed by atoms with Crippen LogP contribution in [0.15, 0.2) is 0 Å². The lowest BCUT2D eigenvalue weighted by Gasteiger charge is -2.37. The average Bonchev–Trinajstić information content (AvgIpc) is 2.81. The Morgan fingerprint density at radius 3 is 1.94 bits per heavy atom. The van der Waals surface area contributed by atoms with Crippen LogP contribution in [-0.2, 0) is 23.9 Å². The third-order valence-electron chi connectivity index (χ3n) is 6.74. The minimum atomic E-state index is -0.115. The molecule has 1 fully saturated rings. The maximum absolute atomic E-state index is 12.4. The van der Waals surface area contributed by atoms with E-state index in [2.05, 4.69) is 33.4 Å². The minimum Gasteiger partial charge on any atom is -0.462 e. The minimum absolute atomic E-state index is 0.00634. The van der Waals surface area contributed by atoms with Crippen molar-refractivity contribution < 1.29 is 23.9 Å². The van der Waals surface area contributed by atoms with Crippen molar-refractivity contribution in [3.63, 3.8) is 0 Å². The lowest BCUT2D eigenvalue weighted by molar-refractivity contribution is -0.190. The molecule has 0 bridgehead atoms. The number of cyclic esters (lactones) is 1. The van der Waals surface area contributed by atoms with E-state index in [0.717, 1.165) is 32.1 Å². The average molecular weight is 498 g/mol. The fourth-order valence-corrected chi connectivity index (χ4v) is 4.52. The summed E-state index contributed by atoms with van der Waals surface area (Å²) in [5.74, 6) is 0.356. The second-order valence-corrected chi connectivity index (χ2v) is 10.5. The standard InChI is InChI=1S/C28H52O4.CH3NO/c1-5-7-9-11-12-13-14-15-16-18-24(31-27(29)21-20-23(3)4)22-26-25(28(30)32-26)19-17-10-8-6-2;2-1-3/h23-26H,5-22H2,1-4H3;1H,(H2,2,3)/t24-,25-,26-;/m0./s1. The van der Waals surface area contributed by atoms with Crippen molar-refractivity contribution in [2.24, 2.45) is 17.6 Å². The molecular weight excluding hydrogens is 442 g/mol. The number of esters is 2. The molecule has 0 spiro atoms. The Hall–Kier alpha value is -1.59. The van der Waals surface area contributed by atoms with E-state index >= 15 is 0 Å². The summed E-state index contributed by atoms with van der Waals surface area (Å²) in [6.07, 6.45) is 20.1. The van der Waals surface area contributed by atoms with Crippen LogP contribution in [0.3, 0.4) is 0 Å². The summed E-state index contributed by atoms with van der Waals surface area (Å²) in [5, 5.41) is 0. The normalized spacial score (nSPS) is 17.7. The van der Waals surface area contributed by atoms with Gasteiger partial charge in [0.1, 0.15) is 12.2 Å². The molecule has 1 saturated heterocycles. The van der Waals surface area contributed by atoms with E-state index < -0.39 is 0 Å². The molecule has 0 aromatic carbocycles. The number of carbonyl (C=O) groups excluding carboxylic acids is 3. The first-order valence-corrected chi connectivity index (χ1v) is 14.4. The molecule has 6 heteroatoms. The summed E-state index contributed by atoms with van der Waals surface area (Å²) in [6, 6.07) is 0. The molecule has 6 nitrogen and oxygen atoms in total. The van der Waals surface area contributed by atoms with E-state index in [0.29, 0.717) is 18.8 Å². The molecule has 1 aliphatic heterocycles. The Kier molecular flexibility index (Phi) is 21.8. The number of hydrogen-bond acceptors (Lipinski definition) is 5. The molecule has 1 amide bonds. The summed E-state index contributed by atoms with van der Waals surface area (Å²) in [5.41, 5.74) is 4.17. The fourth-order valence-electron chi connectivity index (χ4n) is 4.52. The van der Waals surface area contributed by atoms with E-state index in [9.17, 15) is 9.59 Å². The molecule has 1 heterocycles. The van der Waals surface area contributed by atoms with Crippen LogP contribution in [0.4, 0.5) is 0 Å². The van der Waals surface area contributed by atoms with Crippen LogP contribution < -0.4 is 5.73 Å². The van der Waals surface area contributed by atoms with Gasteiger partial charge in [-0.25, -0.2) is 0 Å². The Balaban J connectivity index is 0.00000365. The van der Waals surface area contributed by atoms with Crippen molar-refractivity contribution in [2.75, 3.05) is 0 Å². The van der Waals surface area contributed by atoms with Crippen molar-refractivity contribution in [3.8, 4) is 0 Å². The molecule has 0 aromatic heterocycles. The van der Waals surface area contributed by atoms with Gasteiger partial charge in [-0.1, -0.05) is 105 Å². The summed E-state index contributed by atoms with van der Waals surface area (Å²) in [6.45, 7) is 8.71. The summed E-state index contributed by atoms with van der Waals surface area (Å²) < 4.78 is 11.4. The van der Waals surface area contributed by atoms with Gasteiger partial charge in [0.2, 0.25) is 6.41 Å². The van der Waals surface area contributed by atoms with Crippen LogP contribution >= 0.6 is 0 Å². The van der Waals surface area contributed by atoms with E-state index in [-0.39, 0.29) is 36.5 Å². The SMILES string of the molecule is CCCCCCCCCCC[C@@H](C[C@@H]1OC(=O)[C@H]1CCCCCC)OC(=O)CCC(C)C.NC=O. The largest absolute Gasteiger partial charge is 0.462 e. The Labute approximate surface area is 215 Å². The highest BCUT2D eigenvalue weighted by Crippen LogP contribution is 2.32. The van der Waals surface area contributed by atoms with Crippen molar-refractivity contribution in [2.45, 2.75) is 155 Å². The second kappa shape index (κ2) is 22.8. The predicted molar refractivity (Wildman–Crippen MR) is 143 cm³/mol. The van der Waals surface area contributed by atoms with Gasteiger partial charge in [-0.3, -0.25) is 14.4 Å². The lowest BCUT2D eigenvalue weighted by atomic mass is 9.86. The van der Waals surface area contributed by atoms with Crippen molar-refractivity contribution in [3.05, 3.63) is 0 Å². The van der Waals surface area contributed by atoms with Crippen LogP contribution in [-0.4, -0.2) is 30.6 Å². The van der Waals surface area contributed by atoms with Crippen LogP contribution in [0, 0.1) is 11.8 Å². The Morgan fingerprint density at radius 2 is 1.43 bits per heavy atom. The van der Waals surface area contributed by atoms with Gasteiger partial charge in [0.25, 0.3) is 0 Å². The molecule has 0 aliphatic carbocycles. The quantitative estimate of drug-likeness (QED) is 0.102. The fraction of sp³-hybridized carbons (Fsp3) is 0.897. The van der Waals surface area contributed by atoms with Crippen LogP contribution in [0.1, 0.15) is 143 Å². The first-order chi connectivity index (χ1) is 16.9. The molecule has 0 unspecified atom stereocenters. The lowest BCUT2D eigenvalue weighted by Crippen LogP contribution is -2.47. The summed E-state index contributed by atoms with van der Waals surface area (Å²) in [7, 11) is 0. The highest BCUT2D eigenvalue weighted by molar-refractivity contribution is 5.78. The van der Waals surface area contributed by atoms with Crippen LogP contribution in [0.5, 0.6) is 0 Å². The van der Waals surface area contributed by atoms with E-state index in [4.69, 9.17) is 14.3 Å². The zero-order valence-electron chi connectivity index (χ0n) is 23.2. The number of rotatable bonds is 21. The van der Waals surface area contributed by atoms with Gasteiger partial charge < -0.3 is 15.2 Å². The van der Waals surface area contributed by atoms with Gasteiger partial charge in [-0.15, -0.1) is 0 Å². The number of amides is 1. The van der Waals surface area contributed by atoms with Gasteiger partial charge >= 0.3 is 11.9 Å². The van der Waals surface area contributed by atoms with Gasteiger partial charge in [0, 0.05) is 12.8 Å². The molecule has 1 rings (SSSR count). The number of primary amides is 1. The molecule has 2 N–H and O–H groups in total. The molecule has 35 heavy (non-hydrogen) atoms. The van der Waals surface area contributed by atoms with E-state index in [1.165, 1.54) is 70.6 Å². The van der Waals surface area contributed by atoms with Crippen LogP contribution in [0.2, 0.25) is 0 Å². The molecule has 0 aromatic rings. The molecular formula is C29H55NO5. The number of carbonyl (C=O) groups is 3. The zero-order chi connectivity index (χ0) is 26.3. The van der Waals surface area contributed by atoms with E-state index in [1.807, 2.05) is 0 Å². The Bertz CT molecular complexity index is 537. The van der Waals surface area contributed by atoms with Gasteiger partial charge in [0.15, 0.2) is 0 Å². The van der Waals surface area contributed by atoms with Gasteiger partial charge in [-0.2, -0.15) is 0 Å². The van der Waals surface area contributed by atoms with E-state index in [1.54, 1.807) is 0 Å². The molecule has 1 aliphatic rings. The van der Waals surface area contributed by atoms with Crippen LogP contribution in [0.25, 0.3) is 0 Å². The summed E-state index contributed by atoms with van der Waals surface area (Å²) in [4.78, 5) is 32.9. The van der Waals surface area contributed by atoms with Crippen molar-refractivity contribution in [1.82, 2.24) is 0 Å². The number of unbranched alkanes of at least 4 members (excludes halogenated alkanes) is 11. The summed E-state index contributed by atoms with van der Waals surface area (Å²) >= 11 is 0. The molecule has 3 atom stereocenters. The Morgan fingerprint density at radius 1 is 0.914 bits per heavy atom. The number of hydrogen-bond donors (Lipinski definition) is 1. The highest BCUT2D eigenvalue weighted by Gasteiger charge is 2.43. The van der Waals surface area contributed by atoms with Crippen molar-refractivity contribution in [1.29, 1.82) is 0 Å². The maximum Gasteiger partial charge on any atom is 0.313 e. The number of ether oxygens (including phenoxy) is 2. The van der Waals surface area contributed by atoms with Gasteiger partial charge in [0.05, 0.1) is 5.92 Å². The second-order valence-electron chi connectivity index (χ2n) is 10.5. The topological polar surface area (TPSA) is 95.7 Å². The molecule has 0 saturated carbocycles. The third-order valence-corrected chi connectivity index (χ3v) is 6.74.